The van der Waals surface area contributed by atoms with Gasteiger partial charge in [-0.2, -0.15) is 0 Å². The van der Waals surface area contributed by atoms with Gasteiger partial charge in [0.05, 0.1) is 13.7 Å². The number of likely N-dealkylation sites (tertiary alicyclic amines) is 1. The van der Waals surface area contributed by atoms with E-state index in [0.29, 0.717) is 5.41 Å². The van der Waals surface area contributed by atoms with E-state index in [4.69, 9.17) is 9.47 Å². The van der Waals surface area contributed by atoms with Gasteiger partial charge >= 0.3 is 0 Å². The molecule has 0 radical (unpaired) electrons. The number of hydrogen-bond acceptors (Lipinski definition) is 4. The summed E-state index contributed by atoms with van der Waals surface area (Å²) >= 11 is 0. The average molecular weight is 318 g/mol. The van der Waals surface area contributed by atoms with Gasteiger partial charge in [-0.3, -0.25) is 4.90 Å². The lowest BCUT2D eigenvalue weighted by Gasteiger charge is -2.34. The van der Waals surface area contributed by atoms with Gasteiger partial charge in [0.2, 0.25) is 0 Å². The van der Waals surface area contributed by atoms with Crippen molar-refractivity contribution in [3.8, 4) is 11.5 Å². The second kappa shape index (κ2) is 7.54. The van der Waals surface area contributed by atoms with Crippen molar-refractivity contribution in [2.45, 2.75) is 39.2 Å². The Balaban J connectivity index is 1.62. The molecule has 0 saturated carbocycles. The summed E-state index contributed by atoms with van der Waals surface area (Å²) < 4.78 is 11.3. The number of ether oxygens (including phenoxy) is 2. The van der Waals surface area contributed by atoms with E-state index in [0.717, 1.165) is 31.1 Å². The standard InChI is InChI=1S/C19H30N2O2/c1-3-12-23-17-5-4-16(13-18(17)22-2)14-21-11-8-19(15-21)6-9-20-10-7-19/h4-5,13,20H,3,6-12,14-15H2,1-2H3. The number of piperidine rings is 1. The molecule has 1 aromatic carbocycles. The molecule has 1 aromatic rings. The molecule has 0 aliphatic carbocycles. The Labute approximate surface area is 140 Å². The summed E-state index contributed by atoms with van der Waals surface area (Å²) in [5.41, 5.74) is 1.89. The first-order chi connectivity index (χ1) is 11.2. The largest absolute Gasteiger partial charge is 0.493 e. The second-order valence-corrected chi connectivity index (χ2v) is 7.04. The molecule has 0 amide bonds. The van der Waals surface area contributed by atoms with Gasteiger partial charge in [-0.1, -0.05) is 13.0 Å². The number of hydrogen-bond donors (Lipinski definition) is 1. The molecule has 0 aromatic heterocycles. The average Bonchev–Trinajstić information content (AvgIpc) is 2.96. The Kier molecular flexibility index (Phi) is 5.44. The van der Waals surface area contributed by atoms with Crippen LogP contribution in [0.2, 0.25) is 0 Å². The monoisotopic (exact) mass is 318 g/mol. The van der Waals surface area contributed by atoms with Crippen LogP contribution in [0.3, 0.4) is 0 Å². The van der Waals surface area contributed by atoms with Crippen molar-refractivity contribution in [1.29, 1.82) is 0 Å². The summed E-state index contributed by atoms with van der Waals surface area (Å²) in [6, 6.07) is 6.37. The summed E-state index contributed by atoms with van der Waals surface area (Å²) in [6.07, 6.45) is 5.02. The van der Waals surface area contributed by atoms with Crippen LogP contribution in [0.25, 0.3) is 0 Å². The molecule has 128 valence electrons. The van der Waals surface area contributed by atoms with Crippen LogP contribution in [0.5, 0.6) is 11.5 Å². The third-order valence-corrected chi connectivity index (χ3v) is 5.28. The third-order valence-electron chi connectivity index (χ3n) is 5.28. The van der Waals surface area contributed by atoms with Gasteiger partial charge in [0, 0.05) is 13.1 Å². The summed E-state index contributed by atoms with van der Waals surface area (Å²) in [5.74, 6) is 1.71. The van der Waals surface area contributed by atoms with Crippen molar-refractivity contribution < 1.29 is 9.47 Å². The van der Waals surface area contributed by atoms with Crippen LogP contribution < -0.4 is 14.8 Å². The molecule has 23 heavy (non-hydrogen) atoms. The topological polar surface area (TPSA) is 33.7 Å². The van der Waals surface area contributed by atoms with Crippen LogP contribution in [-0.2, 0) is 6.54 Å². The molecule has 4 nitrogen and oxygen atoms in total. The Bertz CT molecular complexity index is 512. The van der Waals surface area contributed by atoms with Gasteiger partial charge in [-0.05, 0) is 68.4 Å². The lowest BCUT2D eigenvalue weighted by atomic mass is 9.78. The number of benzene rings is 1. The molecule has 2 saturated heterocycles. The first-order valence-corrected chi connectivity index (χ1v) is 8.97. The van der Waals surface area contributed by atoms with Gasteiger partial charge in [0.15, 0.2) is 11.5 Å². The summed E-state index contributed by atoms with van der Waals surface area (Å²) in [7, 11) is 1.72. The maximum atomic E-state index is 5.75. The molecule has 2 aliphatic rings. The Morgan fingerprint density at radius 2 is 2.00 bits per heavy atom. The molecular weight excluding hydrogens is 288 g/mol. The normalized spacial score (nSPS) is 20.8. The van der Waals surface area contributed by atoms with Crippen molar-refractivity contribution in [3.05, 3.63) is 23.8 Å². The molecule has 2 heterocycles. The lowest BCUT2D eigenvalue weighted by Crippen LogP contribution is -2.38. The zero-order valence-electron chi connectivity index (χ0n) is 14.6. The molecule has 1 spiro atoms. The minimum absolute atomic E-state index is 0.569. The van der Waals surface area contributed by atoms with Crippen molar-refractivity contribution >= 4 is 0 Å². The van der Waals surface area contributed by atoms with Crippen LogP contribution >= 0.6 is 0 Å². The highest BCUT2D eigenvalue weighted by molar-refractivity contribution is 5.43. The second-order valence-electron chi connectivity index (χ2n) is 7.04. The number of methoxy groups -OCH3 is 1. The molecule has 1 N–H and O–H groups in total. The fourth-order valence-corrected chi connectivity index (χ4v) is 3.93. The molecule has 0 unspecified atom stereocenters. The Morgan fingerprint density at radius 3 is 2.74 bits per heavy atom. The smallest absolute Gasteiger partial charge is 0.161 e. The number of nitrogens with zero attached hydrogens (tertiary/aromatic N) is 1. The fraction of sp³-hybridized carbons (Fsp3) is 0.684. The first kappa shape index (κ1) is 16.6. The van der Waals surface area contributed by atoms with Crippen LogP contribution in [0.1, 0.15) is 38.2 Å². The number of nitrogens with one attached hydrogen (secondary N) is 1. The molecule has 2 aliphatic heterocycles. The Hall–Kier alpha value is -1.26. The maximum absolute atomic E-state index is 5.75. The minimum atomic E-state index is 0.569. The van der Waals surface area contributed by atoms with E-state index in [1.165, 1.54) is 51.0 Å². The summed E-state index contributed by atoms with van der Waals surface area (Å²) in [5, 5.41) is 3.49. The van der Waals surface area contributed by atoms with E-state index in [-0.39, 0.29) is 0 Å². The fourth-order valence-electron chi connectivity index (χ4n) is 3.93. The predicted molar refractivity (Wildman–Crippen MR) is 93.2 cm³/mol. The lowest BCUT2D eigenvalue weighted by molar-refractivity contribution is 0.194. The molecular formula is C19H30N2O2. The van der Waals surface area contributed by atoms with Gasteiger partial charge < -0.3 is 14.8 Å². The molecule has 0 atom stereocenters. The van der Waals surface area contributed by atoms with E-state index in [1.807, 2.05) is 0 Å². The highest BCUT2D eigenvalue weighted by atomic mass is 16.5. The quantitative estimate of drug-likeness (QED) is 0.874. The highest BCUT2D eigenvalue weighted by Crippen LogP contribution is 2.39. The summed E-state index contributed by atoms with van der Waals surface area (Å²) in [6.45, 7) is 8.69. The zero-order chi connectivity index (χ0) is 16.1. The van der Waals surface area contributed by atoms with Crippen molar-refractivity contribution in [2.24, 2.45) is 5.41 Å². The number of rotatable bonds is 6. The third kappa shape index (κ3) is 3.99. The van der Waals surface area contributed by atoms with Crippen molar-refractivity contribution in [3.63, 3.8) is 0 Å². The molecule has 3 rings (SSSR count). The van der Waals surface area contributed by atoms with Crippen LogP contribution in [0.4, 0.5) is 0 Å². The predicted octanol–water partition coefficient (Wildman–Crippen LogP) is 3.06. The minimum Gasteiger partial charge on any atom is -0.493 e. The van der Waals surface area contributed by atoms with E-state index < -0.39 is 0 Å². The van der Waals surface area contributed by atoms with E-state index in [9.17, 15) is 0 Å². The van der Waals surface area contributed by atoms with Gasteiger partial charge in [-0.15, -0.1) is 0 Å². The van der Waals surface area contributed by atoms with Gasteiger partial charge in [-0.25, -0.2) is 0 Å². The maximum Gasteiger partial charge on any atom is 0.161 e. The van der Waals surface area contributed by atoms with Gasteiger partial charge in [0.1, 0.15) is 0 Å². The SMILES string of the molecule is CCCOc1ccc(CN2CCC3(CCNCC3)C2)cc1OC. The highest BCUT2D eigenvalue weighted by Gasteiger charge is 2.38. The van der Waals surface area contributed by atoms with Crippen LogP contribution in [0, 0.1) is 5.41 Å². The van der Waals surface area contributed by atoms with Crippen molar-refractivity contribution in [2.75, 3.05) is 39.9 Å². The van der Waals surface area contributed by atoms with Crippen molar-refractivity contribution in [1.82, 2.24) is 10.2 Å². The van der Waals surface area contributed by atoms with E-state index >= 15 is 0 Å². The summed E-state index contributed by atoms with van der Waals surface area (Å²) in [4.78, 5) is 2.60. The molecule has 0 bridgehead atoms. The zero-order valence-corrected chi connectivity index (χ0v) is 14.6. The van der Waals surface area contributed by atoms with Crippen LogP contribution in [0.15, 0.2) is 18.2 Å². The molecule has 4 heteroatoms. The first-order valence-electron chi connectivity index (χ1n) is 8.97. The van der Waals surface area contributed by atoms with Crippen LogP contribution in [-0.4, -0.2) is 44.8 Å². The van der Waals surface area contributed by atoms with Gasteiger partial charge in [0.25, 0.3) is 0 Å². The Morgan fingerprint density at radius 1 is 1.17 bits per heavy atom. The van der Waals surface area contributed by atoms with E-state index in [2.05, 4.69) is 35.3 Å². The molecule has 2 fully saturated rings. The van der Waals surface area contributed by atoms with E-state index in [1.54, 1.807) is 7.11 Å².